The quantitative estimate of drug-likeness (QED) is 0.874. The van der Waals surface area contributed by atoms with Gasteiger partial charge in [0.25, 0.3) is 0 Å². The summed E-state index contributed by atoms with van der Waals surface area (Å²) in [5.74, 6) is 2.53. The van der Waals surface area contributed by atoms with Gasteiger partial charge in [0, 0.05) is 13.1 Å². The van der Waals surface area contributed by atoms with Crippen molar-refractivity contribution in [3.05, 3.63) is 41.5 Å². The zero-order valence-corrected chi connectivity index (χ0v) is 12.3. The van der Waals surface area contributed by atoms with Gasteiger partial charge in [-0.05, 0) is 37.5 Å². The molecule has 1 heterocycles. The minimum Gasteiger partial charge on any atom is -0.486 e. The first kappa shape index (κ1) is 14.5. The molecule has 0 fully saturated rings. The van der Waals surface area contributed by atoms with Crippen LogP contribution < -0.4 is 10.5 Å². The lowest BCUT2D eigenvalue weighted by molar-refractivity contribution is 0.291. The van der Waals surface area contributed by atoms with E-state index in [4.69, 9.17) is 10.5 Å². The highest BCUT2D eigenvalue weighted by Gasteiger charge is 2.06. The lowest BCUT2D eigenvalue weighted by Gasteiger charge is -2.10. The van der Waals surface area contributed by atoms with Gasteiger partial charge in [0.1, 0.15) is 18.2 Å². The van der Waals surface area contributed by atoms with Crippen LogP contribution in [-0.4, -0.2) is 20.8 Å². The van der Waals surface area contributed by atoms with Gasteiger partial charge >= 0.3 is 0 Å². The molecule has 0 saturated carbocycles. The number of nitrogens with two attached hydrogens (primary N) is 1. The topological polar surface area (TPSA) is 66.0 Å². The van der Waals surface area contributed by atoms with E-state index in [2.05, 4.69) is 29.3 Å². The van der Waals surface area contributed by atoms with E-state index in [0.29, 0.717) is 6.61 Å². The minimum absolute atomic E-state index is 0.225. The predicted molar refractivity (Wildman–Crippen MR) is 78.5 cm³/mol. The molecule has 0 spiro atoms. The average molecular weight is 274 g/mol. The fourth-order valence-corrected chi connectivity index (χ4v) is 1.89. The molecule has 108 valence electrons. The molecule has 0 bridgehead atoms. The Bertz CT molecular complexity index is 548. The zero-order chi connectivity index (χ0) is 14.5. The van der Waals surface area contributed by atoms with Crippen molar-refractivity contribution in [1.29, 1.82) is 0 Å². The average Bonchev–Trinajstić information content (AvgIpc) is 2.78. The molecule has 1 atom stereocenters. The van der Waals surface area contributed by atoms with Crippen molar-refractivity contribution in [3.63, 3.8) is 0 Å². The largest absolute Gasteiger partial charge is 0.486 e. The first-order valence-corrected chi connectivity index (χ1v) is 6.92. The van der Waals surface area contributed by atoms with Gasteiger partial charge in [0.2, 0.25) is 0 Å². The molecule has 5 heteroatoms. The van der Waals surface area contributed by atoms with Crippen LogP contribution in [0.25, 0.3) is 0 Å². The molecule has 1 aromatic carbocycles. The number of ether oxygens (including phenoxy) is 1. The van der Waals surface area contributed by atoms with E-state index in [9.17, 15) is 0 Å². The Balaban J connectivity index is 1.92. The van der Waals surface area contributed by atoms with E-state index in [1.54, 1.807) is 0 Å². The van der Waals surface area contributed by atoms with E-state index in [0.717, 1.165) is 30.2 Å². The monoisotopic (exact) mass is 274 g/mol. The summed E-state index contributed by atoms with van der Waals surface area (Å²) in [4.78, 5) is 0. The van der Waals surface area contributed by atoms with Gasteiger partial charge in [-0.25, -0.2) is 0 Å². The third-order valence-corrected chi connectivity index (χ3v) is 3.50. The van der Waals surface area contributed by atoms with Crippen molar-refractivity contribution >= 4 is 0 Å². The Hall–Kier alpha value is -1.88. The second kappa shape index (κ2) is 6.52. The highest BCUT2D eigenvalue weighted by Crippen LogP contribution is 2.15. The van der Waals surface area contributed by atoms with Gasteiger partial charge in [0.15, 0.2) is 5.82 Å². The normalized spacial score (nSPS) is 12.4. The molecule has 2 rings (SSSR count). The lowest BCUT2D eigenvalue weighted by atomic mass is 10.0. The molecule has 0 amide bonds. The molecule has 20 heavy (non-hydrogen) atoms. The number of nitrogens with zero attached hydrogens (tertiary/aromatic N) is 3. The molecule has 0 radical (unpaired) electrons. The fourth-order valence-electron chi connectivity index (χ4n) is 1.89. The van der Waals surface area contributed by atoms with E-state index in [1.807, 2.05) is 30.7 Å². The SMILES string of the molecule is CCC(N)Cc1ccc(OCc2nnc(C)n2C)cc1. The summed E-state index contributed by atoms with van der Waals surface area (Å²) in [6, 6.07) is 8.30. The molecule has 2 aromatic rings. The molecular formula is C15H22N4O. The second-order valence-corrected chi connectivity index (χ2v) is 5.03. The summed E-state index contributed by atoms with van der Waals surface area (Å²) >= 11 is 0. The van der Waals surface area contributed by atoms with Gasteiger partial charge in [-0.3, -0.25) is 0 Å². The van der Waals surface area contributed by atoms with Crippen molar-refractivity contribution in [2.45, 2.75) is 39.3 Å². The first-order valence-electron chi connectivity index (χ1n) is 6.92. The molecular weight excluding hydrogens is 252 g/mol. The maximum atomic E-state index is 5.95. The van der Waals surface area contributed by atoms with E-state index >= 15 is 0 Å². The predicted octanol–water partition coefficient (Wildman–Crippen LogP) is 1.98. The van der Waals surface area contributed by atoms with E-state index in [-0.39, 0.29) is 6.04 Å². The van der Waals surface area contributed by atoms with E-state index in [1.165, 1.54) is 5.56 Å². The molecule has 0 aliphatic carbocycles. The lowest BCUT2D eigenvalue weighted by Crippen LogP contribution is -2.21. The van der Waals surface area contributed by atoms with Gasteiger partial charge in [-0.15, -0.1) is 10.2 Å². The molecule has 2 N–H and O–H groups in total. The maximum absolute atomic E-state index is 5.95. The Morgan fingerprint density at radius 2 is 1.95 bits per heavy atom. The Labute approximate surface area is 119 Å². The highest BCUT2D eigenvalue weighted by atomic mass is 16.5. The molecule has 1 aromatic heterocycles. The van der Waals surface area contributed by atoms with Crippen LogP contribution in [0.4, 0.5) is 0 Å². The molecule has 0 aliphatic rings. The number of benzene rings is 1. The van der Waals surface area contributed by atoms with Crippen LogP contribution in [0.5, 0.6) is 5.75 Å². The van der Waals surface area contributed by atoms with Crippen molar-refractivity contribution < 1.29 is 4.74 Å². The Kier molecular flexibility index (Phi) is 4.74. The molecule has 0 aliphatic heterocycles. The summed E-state index contributed by atoms with van der Waals surface area (Å²) in [5.41, 5.74) is 7.18. The number of aromatic nitrogens is 3. The Morgan fingerprint density at radius 1 is 1.25 bits per heavy atom. The summed E-state index contributed by atoms with van der Waals surface area (Å²) < 4.78 is 7.64. The van der Waals surface area contributed by atoms with Gasteiger partial charge in [-0.2, -0.15) is 0 Å². The standard InChI is InChI=1S/C15H22N4O/c1-4-13(16)9-12-5-7-14(8-6-12)20-10-15-18-17-11(2)19(15)3/h5-8,13H,4,9-10,16H2,1-3H3. The summed E-state index contributed by atoms with van der Waals surface area (Å²) in [6.07, 6.45) is 1.89. The molecule has 1 unspecified atom stereocenters. The second-order valence-electron chi connectivity index (χ2n) is 5.03. The number of hydrogen-bond donors (Lipinski definition) is 1. The number of rotatable bonds is 6. The van der Waals surface area contributed by atoms with Crippen LogP contribution in [0.2, 0.25) is 0 Å². The smallest absolute Gasteiger partial charge is 0.170 e. The van der Waals surface area contributed by atoms with Crippen LogP contribution in [0, 0.1) is 6.92 Å². The highest BCUT2D eigenvalue weighted by molar-refractivity contribution is 5.27. The van der Waals surface area contributed by atoms with E-state index < -0.39 is 0 Å². The van der Waals surface area contributed by atoms with Gasteiger partial charge < -0.3 is 15.0 Å². The van der Waals surface area contributed by atoms with Crippen LogP contribution in [0.3, 0.4) is 0 Å². The van der Waals surface area contributed by atoms with Crippen LogP contribution >= 0.6 is 0 Å². The molecule has 5 nitrogen and oxygen atoms in total. The first-order chi connectivity index (χ1) is 9.60. The summed E-state index contributed by atoms with van der Waals surface area (Å²) in [6.45, 7) is 4.44. The Morgan fingerprint density at radius 3 is 2.50 bits per heavy atom. The van der Waals surface area contributed by atoms with Crippen molar-refractivity contribution in [2.24, 2.45) is 12.8 Å². The fraction of sp³-hybridized carbons (Fsp3) is 0.467. The molecule has 0 saturated heterocycles. The maximum Gasteiger partial charge on any atom is 0.170 e. The van der Waals surface area contributed by atoms with Crippen LogP contribution in [-0.2, 0) is 20.1 Å². The van der Waals surface area contributed by atoms with Crippen LogP contribution in [0.1, 0.15) is 30.6 Å². The van der Waals surface area contributed by atoms with Gasteiger partial charge in [-0.1, -0.05) is 19.1 Å². The van der Waals surface area contributed by atoms with Crippen LogP contribution in [0.15, 0.2) is 24.3 Å². The zero-order valence-electron chi connectivity index (χ0n) is 12.3. The van der Waals surface area contributed by atoms with Crippen molar-refractivity contribution in [2.75, 3.05) is 0 Å². The third-order valence-electron chi connectivity index (χ3n) is 3.50. The van der Waals surface area contributed by atoms with Gasteiger partial charge in [0.05, 0.1) is 0 Å². The number of aryl methyl sites for hydroxylation is 1. The summed E-state index contributed by atoms with van der Waals surface area (Å²) in [5, 5.41) is 8.07. The van der Waals surface area contributed by atoms with Crippen molar-refractivity contribution in [1.82, 2.24) is 14.8 Å². The van der Waals surface area contributed by atoms with Crippen molar-refractivity contribution in [3.8, 4) is 5.75 Å². The number of hydrogen-bond acceptors (Lipinski definition) is 4. The summed E-state index contributed by atoms with van der Waals surface area (Å²) in [7, 11) is 1.93. The minimum atomic E-state index is 0.225. The third kappa shape index (κ3) is 3.57.